The van der Waals surface area contributed by atoms with Crippen molar-refractivity contribution >= 4 is 34.7 Å². The zero-order valence-electron chi connectivity index (χ0n) is 9.08. The average Bonchev–Trinajstić information content (AvgIpc) is 2.35. The summed E-state index contributed by atoms with van der Waals surface area (Å²) in [6, 6.07) is 8.09. The van der Waals surface area contributed by atoms with Gasteiger partial charge in [0.1, 0.15) is 5.82 Å². The Morgan fingerprint density at radius 3 is 2.44 bits per heavy atom. The summed E-state index contributed by atoms with van der Waals surface area (Å²) in [6.45, 7) is 0. The molecule has 0 aliphatic carbocycles. The Kier molecular flexibility index (Phi) is 3.55. The highest BCUT2D eigenvalue weighted by Gasteiger charge is 2.14. The van der Waals surface area contributed by atoms with E-state index in [1.54, 1.807) is 0 Å². The van der Waals surface area contributed by atoms with Gasteiger partial charge in [0.15, 0.2) is 5.78 Å². The number of nitrogen functional groups attached to an aromatic ring is 1. The number of halogens is 3. The third-order valence-corrected chi connectivity index (χ3v) is 3.18. The quantitative estimate of drug-likeness (QED) is 0.670. The minimum Gasteiger partial charge on any atom is -0.398 e. The summed E-state index contributed by atoms with van der Waals surface area (Å²) in [4.78, 5) is 12.1. The van der Waals surface area contributed by atoms with Crippen LogP contribution in [0.5, 0.6) is 0 Å². The lowest BCUT2D eigenvalue weighted by molar-refractivity contribution is 0.103. The van der Waals surface area contributed by atoms with Crippen LogP contribution in [0.1, 0.15) is 15.9 Å². The SMILES string of the molecule is Nc1ccc(F)cc1C(=O)c1ccc(Cl)c(Cl)c1. The fourth-order valence-corrected chi connectivity index (χ4v) is 1.82. The summed E-state index contributed by atoms with van der Waals surface area (Å²) in [5.41, 5.74) is 6.28. The summed E-state index contributed by atoms with van der Waals surface area (Å²) in [6.07, 6.45) is 0. The van der Waals surface area contributed by atoms with E-state index in [0.717, 1.165) is 6.07 Å². The van der Waals surface area contributed by atoms with Gasteiger partial charge in [0.05, 0.1) is 10.0 Å². The number of ketones is 1. The van der Waals surface area contributed by atoms with E-state index in [9.17, 15) is 9.18 Å². The predicted octanol–water partition coefficient (Wildman–Crippen LogP) is 3.95. The van der Waals surface area contributed by atoms with Gasteiger partial charge in [0.25, 0.3) is 0 Å². The van der Waals surface area contributed by atoms with Crippen LogP contribution >= 0.6 is 23.2 Å². The molecular weight excluding hydrogens is 276 g/mol. The lowest BCUT2D eigenvalue weighted by atomic mass is 10.0. The van der Waals surface area contributed by atoms with Crippen LogP contribution in [-0.4, -0.2) is 5.78 Å². The second-order valence-corrected chi connectivity index (χ2v) is 4.50. The molecule has 0 aliphatic rings. The van der Waals surface area contributed by atoms with Gasteiger partial charge in [-0.1, -0.05) is 23.2 Å². The van der Waals surface area contributed by atoms with E-state index in [0.29, 0.717) is 10.6 Å². The van der Waals surface area contributed by atoms with Crippen molar-refractivity contribution in [1.29, 1.82) is 0 Å². The molecule has 0 aromatic heterocycles. The van der Waals surface area contributed by atoms with Crippen molar-refractivity contribution in [3.8, 4) is 0 Å². The second-order valence-electron chi connectivity index (χ2n) is 3.69. The third-order valence-electron chi connectivity index (χ3n) is 2.44. The summed E-state index contributed by atoms with van der Waals surface area (Å²) >= 11 is 11.6. The molecule has 2 aromatic rings. The molecule has 0 radical (unpaired) electrons. The van der Waals surface area contributed by atoms with Gasteiger partial charge >= 0.3 is 0 Å². The highest BCUT2D eigenvalue weighted by atomic mass is 35.5. The Labute approximate surface area is 113 Å². The first-order valence-corrected chi connectivity index (χ1v) is 5.79. The van der Waals surface area contributed by atoms with Crippen LogP contribution < -0.4 is 5.73 Å². The molecule has 0 saturated carbocycles. The molecule has 0 spiro atoms. The van der Waals surface area contributed by atoms with Gasteiger partial charge in [0, 0.05) is 16.8 Å². The fourth-order valence-electron chi connectivity index (χ4n) is 1.52. The van der Waals surface area contributed by atoms with E-state index in [4.69, 9.17) is 28.9 Å². The van der Waals surface area contributed by atoms with Crippen LogP contribution in [0.3, 0.4) is 0 Å². The minimum absolute atomic E-state index is 0.105. The smallest absolute Gasteiger partial charge is 0.195 e. The number of hydrogen-bond donors (Lipinski definition) is 1. The number of nitrogens with two attached hydrogens (primary N) is 1. The van der Waals surface area contributed by atoms with Crippen molar-refractivity contribution in [3.05, 3.63) is 63.4 Å². The van der Waals surface area contributed by atoms with Gasteiger partial charge < -0.3 is 5.73 Å². The predicted molar refractivity (Wildman–Crippen MR) is 70.7 cm³/mol. The lowest BCUT2D eigenvalue weighted by Gasteiger charge is -2.06. The van der Waals surface area contributed by atoms with Crippen molar-refractivity contribution in [2.45, 2.75) is 0 Å². The highest BCUT2D eigenvalue weighted by Crippen LogP contribution is 2.25. The summed E-state index contributed by atoms with van der Waals surface area (Å²) in [5.74, 6) is -0.918. The number of hydrogen-bond acceptors (Lipinski definition) is 2. The zero-order valence-corrected chi connectivity index (χ0v) is 10.6. The Hall–Kier alpha value is -1.58. The second kappa shape index (κ2) is 4.96. The standard InChI is InChI=1S/C13H8Cl2FNO/c14-10-3-1-7(5-11(10)15)13(18)9-6-8(16)2-4-12(9)17/h1-6H,17H2. The monoisotopic (exact) mass is 283 g/mol. The fraction of sp³-hybridized carbons (Fsp3) is 0. The van der Waals surface area contributed by atoms with Gasteiger partial charge in [-0.3, -0.25) is 4.79 Å². The van der Waals surface area contributed by atoms with E-state index < -0.39 is 11.6 Å². The van der Waals surface area contributed by atoms with Crippen LogP contribution in [0.15, 0.2) is 36.4 Å². The number of carbonyl (C=O) groups is 1. The van der Waals surface area contributed by atoms with E-state index in [1.165, 1.54) is 30.3 Å². The Morgan fingerprint density at radius 1 is 1.06 bits per heavy atom. The van der Waals surface area contributed by atoms with Crippen molar-refractivity contribution in [2.75, 3.05) is 5.73 Å². The van der Waals surface area contributed by atoms with Crippen molar-refractivity contribution in [3.63, 3.8) is 0 Å². The molecule has 18 heavy (non-hydrogen) atoms. The molecule has 0 aliphatic heterocycles. The van der Waals surface area contributed by atoms with Gasteiger partial charge in [-0.15, -0.1) is 0 Å². The van der Waals surface area contributed by atoms with Crippen LogP contribution in [0.25, 0.3) is 0 Å². The number of rotatable bonds is 2. The molecule has 2 nitrogen and oxygen atoms in total. The van der Waals surface area contributed by atoms with Crippen molar-refractivity contribution < 1.29 is 9.18 Å². The largest absolute Gasteiger partial charge is 0.398 e. The first-order chi connectivity index (χ1) is 8.49. The molecule has 92 valence electrons. The number of anilines is 1. The van der Waals surface area contributed by atoms with Gasteiger partial charge in [0.2, 0.25) is 0 Å². The molecule has 0 bridgehead atoms. The zero-order chi connectivity index (χ0) is 13.3. The molecule has 0 heterocycles. The minimum atomic E-state index is -0.521. The molecule has 0 unspecified atom stereocenters. The van der Waals surface area contributed by atoms with E-state index in [-0.39, 0.29) is 16.3 Å². The first-order valence-electron chi connectivity index (χ1n) is 5.04. The summed E-state index contributed by atoms with van der Waals surface area (Å²) in [7, 11) is 0. The Bertz CT molecular complexity index is 628. The van der Waals surface area contributed by atoms with Gasteiger partial charge in [-0.05, 0) is 36.4 Å². The van der Waals surface area contributed by atoms with Crippen LogP contribution in [0, 0.1) is 5.82 Å². The Balaban J connectivity index is 2.47. The summed E-state index contributed by atoms with van der Waals surface area (Å²) in [5, 5.41) is 0.609. The van der Waals surface area contributed by atoms with Crippen LogP contribution in [0.2, 0.25) is 10.0 Å². The van der Waals surface area contributed by atoms with E-state index in [2.05, 4.69) is 0 Å². The third kappa shape index (κ3) is 2.47. The van der Waals surface area contributed by atoms with Crippen LogP contribution in [-0.2, 0) is 0 Å². The van der Waals surface area contributed by atoms with Crippen molar-refractivity contribution in [1.82, 2.24) is 0 Å². The normalized spacial score (nSPS) is 10.4. The maximum atomic E-state index is 13.1. The molecular formula is C13H8Cl2FNO. The van der Waals surface area contributed by atoms with Crippen LogP contribution in [0.4, 0.5) is 10.1 Å². The summed E-state index contributed by atoms with van der Waals surface area (Å²) < 4.78 is 13.1. The molecule has 0 atom stereocenters. The maximum Gasteiger partial charge on any atom is 0.195 e. The van der Waals surface area contributed by atoms with E-state index in [1.807, 2.05) is 0 Å². The molecule has 2 rings (SSSR count). The molecule has 0 saturated heterocycles. The highest BCUT2D eigenvalue weighted by molar-refractivity contribution is 6.42. The Morgan fingerprint density at radius 2 is 1.78 bits per heavy atom. The number of benzene rings is 2. The molecule has 0 amide bonds. The molecule has 0 fully saturated rings. The lowest BCUT2D eigenvalue weighted by Crippen LogP contribution is -2.06. The van der Waals surface area contributed by atoms with Gasteiger partial charge in [-0.2, -0.15) is 0 Å². The average molecular weight is 284 g/mol. The topological polar surface area (TPSA) is 43.1 Å². The maximum absolute atomic E-state index is 13.1. The van der Waals surface area contributed by atoms with E-state index >= 15 is 0 Å². The van der Waals surface area contributed by atoms with Crippen molar-refractivity contribution in [2.24, 2.45) is 0 Å². The van der Waals surface area contributed by atoms with Gasteiger partial charge in [-0.25, -0.2) is 4.39 Å². The molecule has 2 aromatic carbocycles. The molecule has 5 heteroatoms. The molecule has 2 N–H and O–H groups in total. The number of carbonyl (C=O) groups excluding carboxylic acids is 1. The first kappa shape index (κ1) is 12.9.